The lowest BCUT2D eigenvalue weighted by atomic mass is 10.5. The van der Waals surface area contributed by atoms with Gasteiger partial charge in [0.15, 0.2) is 0 Å². The first-order valence-corrected chi connectivity index (χ1v) is 4.73. The van der Waals surface area contributed by atoms with E-state index in [0.29, 0.717) is 0 Å². The first kappa shape index (κ1) is 6.90. The van der Waals surface area contributed by atoms with Crippen LogP contribution in [0.1, 0.15) is 4.88 Å². The molecule has 0 aliphatic rings. The van der Waals surface area contributed by atoms with Gasteiger partial charge in [0, 0.05) is 9.77 Å². The maximum absolute atomic E-state index is 3.71. The Labute approximate surface area is 63.6 Å². The molecule has 0 aliphatic heterocycles. The van der Waals surface area contributed by atoms with Crippen LogP contribution in [0.4, 0.5) is 0 Å². The molecule has 1 aromatic rings. The zero-order valence-corrected chi connectivity index (χ0v) is 6.89. The largest absolute Gasteiger partial charge is 0.143 e. The second-order valence-electron chi connectivity index (χ2n) is 1.56. The van der Waals surface area contributed by atoms with Crippen LogP contribution in [0.2, 0.25) is 0 Å². The monoisotopic (exact) mass is 156 g/mol. The minimum atomic E-state index is 1.28. The standard InChI is InChI=1S/C7H8S2/c1-3-6-7(8-2)4-5-9-6/h3-5H,1H2,2H3. The SMILES string of the molecule is C=Cc1sccc1SC. The molecule has 0 saturated carbocycles. The number of thiophene rings is 1. The maximum atomic E-state index is 3.71. The van der Waals surface area contributed by atoms with Crippen LogP contribution in [-0.2, 0) is 0 Å². The fourth-order valence-corrected chi connectivity index (χ4v) is 2.23. The van der Waals surface area contributed by atoms with E-state index < -0.39 is 0 Å². The molecule has 0 spiro atoms. The number of hydrogen-bond acceptors (Lipinski definition) is 2. The number of thioether (sulfide) groups is 1. The average molecular weight is 156 g/mol. The second kappa shape index (κ2) is 3.08. The van der Waals surface area contributed by atoms with Gasteiger partial charge in [0.05, 0.1) is 0 Å². The van der Waals surface area contributed by atoms with Crippen molar-refractivity contribution in [2.75, 3.05) is 6.26 Å². The van der Waals surface area contributed by atoms with Gasteiger partial charge in [-0.1, -0.05) is 12.7 Å². The van der Waals surface area contributed by atoms with Crippen molar-refractivity contribution in [3.63, 3.8) is 0 Å². The van der Waals surface area contributed by atoms with Gasteiger partial charge in [0.1, 0.15) is 0 Å². The Morgan fingerprint density at radius 3 is 3.00 bits per heavy atom. The number of hydrogen-bond donors (Lipinski definition) is 0. The van der Waals surface area contributed by atoms with Crippen LogP contribution in [0.3, 0.4) is 0 Å². The van der Waals surface area contributed by atoms with Crippen LogP contribution >= 0.6 is 23.1 Å². The molecule has 0 atom stereocenters. The summed E-state index contributed by atoms with van der Waals surface area (Å²) in [7, 11) is 0. The molecular weight excluding hydrogens is 148 g/mol. The van der Waals surface area contributed by atoms with Gasteiger partial charge in [0.25, 0.3) is 0 Å². The van der Waals surface area contributed by atoms with E-state index in [0.717, 1.165) is 0 Å². The lowest BCUT2D eigenvalue weighted by Gasteiger charge is -1.89. The van der Waals surface area contributed by atoms with Crippen molar-refractivity contribution in [1.82, 2.24) is 0 Å². The highest BCUT2D eigenvalue weighted by atomic mass is 32.2. The van der Waals surface area contributed by atoms with Gasteiger partial charge in [-0.25, -0.2) is 0 Å². The smallest absolute Gasteiger partial charge is 0.0400 e. The van der Waals surface area contributed by atoms with Gasteiger partial charge in [-0.2, -0.15) is 0 Å². The Morgan fingerprint density at radius 1 is 1.78 bits per heavy atom. The highest BCUT2D eigenvalue weighted by molar-refractivity contribution is 7.98. The summed E-state index contributed by atoms with van der Waals surface area (Å²) in [4.78, 5) is 2.61. The van der Waals surface area contributed by atoms with Gasteiger partial charge in [-0.3, -0.25) is 0 Å². The lowest BCUT2D eigenvalue weighted by Crippen LogP contribution is -1.62. The van der Waals surface area contributed by atoms with E-state index in [1.807, 2.05) is 6.08 Å². The summed E-state index contributed by atoms with van der Waals surface area (Å²) in [6.07, 6.45) is 3.98. The quantitative estimate of drug-likeness (QED) is 0.593. The fraction of sp³-hybridized carbons (Fsp3) is 0.143. The molecule has 1 rings (SSSR count). The number of rotatable bonds is 2. The first-order valence-electron chi connectivity index (χ1n) is 2.62. The predicted octanol–water partition coefficient (Wildman–Crippen LogP) is 3.11. The molecule has 0 N–H and O–H groups in total. The van der Waals surface area contributed by atoms with Gasteiger partial charge in [-0.05, 0) is 17.7 Å². The van der Waals surface area contributed by atoms with E-state index in [9.17, 15) is 0 Å². The summed E-state index contributed by atoms with van der Waals surface area (Å²) in [5, 5.41) is 2.09. The summed E-state index contributed by atoms with van der Waals surface area (Å²) in [5.74, 6) is 0. The van der Waals surface area contributed by atoms with Crippen LogP contribution in [0.5, 0.6) is 0 Å². The van der Waals surface area contributed by atoms with E-state index in [-0.39, 0.29) is 0 Å². The Kier molecular flexibility index (Phi) is 2.37. The summed E-state index contributed by atoms with van der Waals surface area (Å²) in [6, 6.07) is 2.12. The third-order valence-corrected chi connectivity index (χ3v) is 2.90. The lowest BCUT2D eigenvalue weighted by molar-refractivity contribution is 1.57. The van der Waals surface area contributed by atoms with Crippen LogP contribution in [-0.4, -0.2) is 6.26 Å². The fourth-order valence-electron chi connectivity index (χ4n) is 0.627. The normalized spacial score (nSPS) is 9.44. The van der Waals surface area contributed by atoms with Crippen molar-refractivity contribution in [3.8, 4) is 0 Å². The molecule has 1 aromatic heterocycles. The first-order chi connectivity index (χ1) is 4.38. The van der Waals surface area contributed by atoms with E-state index >= 15 is 0 Å². The molecule has 0 bridgehead atoms. The van der Waals surface area contributed by atoms with E-state index in [2.05, 4.69) is 24.3 Å². The molecule has 0 saturated heterocycles. The van der Waals surface area contributed by atoms with Crippen molar-refractivity contribution in [2.24, 2.45) is 0 Å². The molecule has 0 nitrogen and oxygen atoms in total. The predicted molar refractivity (Wildman–Crippen MR) is 46.2 cm³/mol. The van der Waals surface area contributed by atoms with Crippen LogP contribution in [0, 0.1) is 0 Å². The average Bonchev–Trinajstić information content (AvgIpc) is 2.33. The van der Waals surface area contributed by atoms with E-state index in [1.54, 1.807) is 23.1 Å². The van der Waals surface area contributed by atoms with Crippen molar-refractivity contribution in [2.45, 2.75) is 4.90 Å². The zero-order valence-electron chi connectivity index (χ0n) is 5.26. The summed E-state index contributed by atoms with van der Waals surface area (Å²) >= 11 is 3.50. The van der Waals surface area contributed by atoms with Crippen molar-refractivity contribution in [1.29, 1.82) is 0 Å². The molecule has 9 heavy (non-hydrogen) atoms. The Bertz CT molecular complexity index is 200. The van der Waals surface area contributed by atoms with Crippen molar-refractivity contribution < 1.29 is 0 Å². The molecule has 0 unspecified atom stereocenters. The van der Waals surface area contributed by atoms with E-state index in [4.69, 9.17) is 0 Å². The Morgan fingerprint density at radius 2 is 2.56 bits per heavy atom. The van der Waals surface area contributed by atoms with Gasteiger partial charge in [0.2, 0.25) is 0 Å². The Balaban J connectivity index is 2.98. The van der Waals surface area contributed by atoms with Crippen molar-refractivity contribution in [3.05, 3.63) is 22.9 Å². The van der Waals surface area contributed by atoms with Crippen LogP contribution in [0.25, 0.3) is 6.08 Å². The molecule has 48 valence electrons. The van der Waals surface area contributed by atoms with Crippen molar-refractivity contribution >= 4 is 29.2 Å². The van der Waals surface area contributed by atoms with Gasteiger partial charge >= 0.3 is 0 Å². The topological polar surface area (TPSA) is 0 Å². The minimum absolute atomic E-state index is 1.28. The molecule has 0 aliphatic carbocycles. The molecular formula is C7H8S2. The van der Waals surface area contributed by atoms with Crippen LogP contribution < -0.4 is 0 Å². The molecule has 2 heteroatoms. The Hall–Kier alpha value is -0.210. The minimum Gasteiger partial charge on any atom is -0.143 e. The van der Waals surface area contributed by atoms with E-state index in [1.165, 1.54) is 9.77 Å². The summed E-state index contributed by atoms with van der Waals surface area (Å²) in [6.45, 7) is 3.71. The van der Waals surface area contributed by atoms with Crippen LogP contribution in [0.15, 0.2) is 22.9 Å². The third kappa shape index (κ3) is 1.37. The zero-order chi connectivity index (χ0) is 6.69. The highest BCUT2D eigenvalue weighted by Crippen LogP contribution is 2.25. The van der Waals surface area contributed by atoms with Gasteiger partial charge in [-0.15, -0.1) is 23.1 Å². The van der Waals surface area contributed by atoms with Gasteiger partial charge < -0.3 is 0 Å². The second-order valence-corrected chi connectivity index (χ2v) is 3.35. The molecule has 0 fully saturated rings. The molecule has 0 radical (unpaired) electrons. The summed E-state index contributed by atoms with van der Waals surface area (Å²) < 4.78 is 0. The molecule has 1 heterocycles. The maximum Gasteiger partial charge on any atom is 0.0400 e. The molecule has 0 amide bonds. The highest BCUT2D eigenvalue weighted by Gasteiger charge is 1.95. The third-order valence-electron chi connectivity index (χ3n) is 1.06. The summed E-state index contributed by atoms with van der Waals surface area (Å²) in [5.41, 5.74) is 0. The molecule has 0 aromatic carbocycles.